The molecule has 2 aliphatic rings. The molecule has 8 bridgehead atoms. The van der Waals surface area contributed by atoms with Crippen LogP contribution >= 0.6 is 0 Å². The number of aromatic nitrogens is 8. The topological polar surface area (TPSA) is 225 Å². The molecule has 8 aromatic carbocycles. The van der Waals surface area contributed by atoms with Gasteiger partial charge in [-0.15, -0.1) is 0 Å². The minimum Gasteiger partial charge on any atom is -0.324 e. The van der Waals surface area contributed by atoms with Crippen molar-refractivity contribution in [1.29, 1.82) is 0 Å². The van der Waals surface area contributed by atoms with Crippen LogP contribution in [0.3, 0.4) is 0 Å². The minimum atomic E-state index is -0.882. The molecule has 373 valence electrons. The number of aromatic amines is 2. The van der Waals surface area contributed by atoms with Crippen LogP contribution in [0, 0.1) is 0 Å². The van der Waals surface area contributed by atoms with E-state index in [1.807, 2.05) is 72.8 Å². The number of nitrogens with zero attached hydrogens (tertiary/aromatic N) is 6. The zero-order valence-corrected chi connectivity index (χ0v) is 41.0. The number of carbonyl (C=O) groups is 4. The van der Waals surface area contributed by atoms with Crippen molar-refractivity contribution in [3.63, 3.8) is 0 Å². The van der Waals surface area contributed by atoms with Gasteiger partial charge in [0.25, 0.3) is 23.6 Å². The third-order valence-electron chi connectivity index (χ3n) is 13.0. The van der Waals surface area contributed by atoms with Crippen LogP contribution in [0.1, 0.15) is 41.4 Å². The van der Waals surface area contributed by atoms with E-state index in [0.29, 0.717) is 67.9 Å². The number of anilines is 4. The molecule has 0 unspecified atom stereocenters. The largest absolute Gasteiger partial charge is 0.324 e. The molecule has 11 aromatic rings. The molecule has 1 radical (unpaired) electrons. The molecule has 0 saturated heterocycles. The molecular weight excluding hydrogens is 1020 g/mol. The van der Waals surface area contributed by atoms with Crippen LogP contribution in [0.5, 0.6) is 0 Å². The van der Waals surface area contributed by atoms with Crippen LogP contribution in [0.25, 0.3) is 89.7 Å². The van der Waals surface area contributed by atoms with Gasteiger partial charge in [-0.2, -0.15) is 0 Å². The zero-order valence-electron chi connectivity index (χ0n) is 40.1. The Morgan fingerprint density at radius 2 is 0.532 bits per heavy atom. The molecule has 17 heteroatoms. The Hall–Kier alpha value is -10.5. The number of fused-ring (bicyclic) bond motifs is 20. The zero-order chi connectivity index (χ0) is 51.3. The summed E-state index contributed by atoms with van der Waals surface area (Å²) in [5.41, 5.74) is 3.39. The maximum atomic E-state index is 15.7. The Bertz CT molecular complexity index is 4110. The summed E-state index contributed by atoms with van der Waals surface area (Å²) in [6.07, 6.45) is 0. The van der Waals surface area contributed by atoms with Crippen LogP contribution < -0.4 is 21.3 Å². The molecule has 13 rings (SSSR count). The molecule has 77 heavy (non-hydrogen) atoms. The van der Waals surface area contributed by atoms with Gasteiger partial charge in [-0.25, -0.2) is 29.9 Å². The van der Waals surface area contributed by atoms with E-state index in [2.05, 4.69) is 31.2 Å². The summed E-state index contributed by atoms with van der Waals surface area (Å²) in [4.78, 5) is 100. The van der Waals surface area contributed by atoms with Gasteiger partial charge >= 0.3 is 0 Å². The fraction of sp³-hybridized carbons (Fsp3) is 0. The van der Waals surface area contributed by atoms with Gasteiger partial charge in [0, 0.05) is 83.6 Å². The molecule has 0 saturated carbocycles. The maximum Gasteiger partial charge on any atom is 0.257 e. The predicted molar refractivity (Wildman–Crippen MR) is 294 cm³/mol. The van der Waals surface area contributed by atoms with Crippen LogP contribution in [0.2, 0.25) is 0 Å². The van der Waals surface area contributed by atoms with Gasteiger partial charge in [0.2, 0.25) is 0 Å². The van der Waals surface area contributed by atoms with Gasteiger partial charge in [0.15, 0.2) is 23.3 Å². The molecule has 5 heterocycles. The second-order valence-electron chi connectivity index (χ2n) is 17.8. The molecule has 0 atom stereocenters. The summed E-state index contributed by atoms with van der Waals surface area (Å²) in [6, 6.07) is 57.2. The van der Waals surface area contributed by atoms with Crippen molar-refractivity contribution in [1.82, 2.24) is 39.9 Å². The van der Waals surface area contributed by atoms with Gasteiger partial charge in [-0.3, -0.25) is 19.2 Å². The number of nitrogens with one attached hydrogen (secondary N) is 6. The van der Waals surface area contributed by atoms with Gasteiger partial charge in [-0.05, 0) is 48.5 Å². The number of carbonyl (C=O) groups excluding carboxylic acids is 4. The van der Waals surface area contributed by atoms with E-state index >= 15 is 19.2 Å². The van der Waals surface area contributed by atoms with Crippen LogP contribution in [-0.2, 0) is 17.1 Å². The summed E-state index contributed by atoms with van der Waals surface area (Å²) < 4.78 is 0. The third-order valence-corrected chi connectivity index (χ3v) is 13.0. The summed E-state index contributed by atoms with van der Waals surface area (Å²) in [5.74, 6) is -2.37. The number of hydrogen-bond donors (Lipinski definition) is 6. The Kier molecular flexibility index (Phi) is 12.2. The van der Waals surface area contributed by atoms with Gasteiger partial charge in [0.05, 0.1) is 22.3 Å². The normalized spacial score (nSPS) is 11.2. The van der Waals surface area contributed by atoms with Crippen molar-refractivity contribution in [2.75, 3.05) is 21.3 Å². The number of H-pyrrole nitrogens is 2. The minimum absolute atomic E-state index is 0. The number of benzene rings is 8. The standard InChI is InChI=1S/C60H38N12O4.Cu/c73-57(61-33-19-5-1-6-20-33)45-43-44(46(58(74)62-34-21-7-2-8-22-34)48(60(76)64-36-25-11-4-12-26-36)47(45)59(75)63-35-23-9-3-10-24-35)56-71-54-42-32-18-16-30-40(42)52(69-54)67-50-38-28-14-13-27-37(38)49(65-50)66-51-39-29-15-17-31-41(39)53(68-51)70-55(43)72-56;/h1-32H,(H,61,73)(H,62,74)(H,63,75)(H,64,76)(H2,65,66,67,68,69,70,71,72);. The second-order valence-corrected chi connectivity index (χ2v) is 17.8. The van der Waals surface area contributed by atoms with Crippen LogP contribution in [0.4, 0.5) is 22.7 Å². The first-order valence-electron chi connectivity index (χ1n) is 24.1. The fourth-order valence-corrected chi connectivity index (χ4v) is 9.67. The Labute approximate surface area is 447 Å². The molecule has 6 N–H and O–H groups in total. The number of para-hydroxylation sites is 4. The van der Waals surface area contributed by atoms with Crippen molar-refractivity contribution < 1.29 is 36.2 Å². The summed E-state index contributed by atoms with van der Waals surface area (Å²) in [5, 5.41) is 13.3. The van der Waals surface area contributed by atoms with Crippen LogP contribution in [-0.4, -0.2) is 63.5 Å². The van der Waals surface area contributed by atoms with Gasteiger partial charge < -0.3 is 31.2 Å². The van der Waals surface area contributed by atoms with Crippen molar-refractivity contribution in [3.05, 3.63) is 216 Å². The van der Waals surface area contributed by atoms with E-state index in [4.69, 9.17) is 29.9 Å². The average molecular weight is 1050 g/mol. The summed E-state index contributed by atoms with van der Waals surface area (Å²) in [6.45, 7) is 0. The van der Waals surface area contributed by atoms with Crippen molar-refractivity contribution in [3.8, 4) is 45.6 Å². The van der Waals surface area contributed by atoms with Gasteiger partial charge in [-0.1, -0.05) is 146 Å². The van der Waals surface area contributed by atoms with E-state index in [1.54, 1.807) is 121 Å². The molecule has 16 nitrogen and oxygen atoms in total. The summed E-state index contributed by atoms with van der Waals surface area (Å²) in [7, 11) is 0. The molecule has 0 aliphatic carbocycles. The second kappa shape index (κ2) is 19.7. The molecular formula is C60H38CuN12O4. The number of amides is 4. The predicted octanol–water partition coefficient (Wildman–Crippen LogP) is 11.9. The van der Waals surface area contributed by atoms with E-state index in [9.17, 15) is 0 Å². The van der Waals surface area contributed by atoms with Crippen molar-refractivity contribution in [2.24, 2.45) is 0 Å². The van der Waals surface area contributed by atoms with E-state index in [0.717, 1.165) is 10.8 Å². The fourth-order valence-electron chi connectivity index (χ4n) is 9.67. The Morgan fingerprint density at radius 1 is 0.286 bits per heavy atom. The third kappa shape index (κ3) is 8.68. The molecule has 3 aromatic heterocycles. The first-order chi connectivity index (χ1) is 37.3. The summed E-state index contributed by atoms with van der Waals surface area (Å²) >= 11 is 0. The van der Waals surface area contributed by atoms with E-state index in [-0.39, 0.29) is 61.9 Å². The van der Waals surface area contributed by atoms with Gasteiger partial charge in [0.1, 0.15) is 22.6 Å². The van der Waals surface area contributed by atoms with Crippen LogP contribution in [0.15, 0.2) is 194 Å². The van der Waals surface area contributed by atoms with Crippen molar-refractivity contribution >= 4 is 90.5 Å². The molecule has 2 aliphatic heterocycles. The molecule has 0 fully saturated rings. The van der Waals surface area contributed by atoms with E-state index < -0.39 is 34.8 Å². The van der Waals surface area contributed by atoms with E-state index in [1.165, 1.54) is 0 Å². The smallest absolute Gasteiger partial charge is 0.257 e. The molecule has 0 spiro atoms. The Balaban J connectivity index is 0.00000596. The monoisotopic (exact) mass is 1050 g/mol. The average Bonchev–Trinajstić information content (AvgIpc) is 4.42. The quantitative estimate of drug-likeness (QED) is 0.0789. The maximum absolute atomic E-state index is 15.7. The number of hydrogen-bond acceptors (Lipinski definition) is 10. The first-order valence-corrected chi connectivity index (χ1v) is 24.1. The first kappa shape index (κ1) is 47.5. The Morgan fingerprint density at radius 3 is 0.844 bits per heavy atom. The number of rotatable bonds is 8. The molecule has 4 amide bonds. The SMILES string of the molecule is O=C(Nc1ccccc1)c1c(C(=O)Nc2ccccc2)c(C(=O)Nc2ccccc2)c2c3nc4nc(nc5[nH]c(nc6nc(nc([nH]3)c2c1C(=O)Nc1ccccc1)-c1ccccc1-6)c1ccccc51)-c1ccccc1-4.[Cu]. The van der Waals surface area contributed by atoms with Crippen molar-refractivity contribution in [2.45, 2.75) is 0 Å².